The number of rotatable bonds is 3. The van der Waals surface area contributed by atoms with E-state index in [1.54, 1.807) is 12.1 Å². The first kappa shape index (κ1) is 11.6. The van der Waals surface area contributed by atoms with Gasteiger partial charge < -0.3 is 5.11 Å². The summed E-state index contributed by atoms with van der Waals surface area (Å²) >= 11 is 4.25. The lowest BCUT2D eigenvalue weighted by Gasteiger charge is -2.07. The molecule has 0 bridgehead atoms. The average Bonchev–Trinajstić information content (AvgIpc) is 2.15. The van der Waals surface area contributed by atoms with Gasteiger partial charge in [0.2, 0.25) is 0 Å². The number of hydrogen-bond donors (Lipinski definition) is 2. The third kappa shape index (κ3) is 2.74. The van der Waals surface area contributed by atoms with Crippen LogP contribution in [0.4, 0.5) is 0 Å². The maximum absolute atomic E-state index is 10.5. The van der Waals surface area contributed by atoms with Crippen LogP contribution < -0.4 is 0 Å². The molecule has 0 aliphatic carbocycles. The quantitative estimate of drug-likeness (QED) is 0.768. The molecule has 0 fully saturated rings. The van der Waals surface area contributed by atoms with E-state index in [4.69, 9.17) is 10.4 Å². The highest BCUT2D eigenvalue weighted by atomic mass is 32.1. The molecule has 0 saturated carbocycles. The summed E-state index contributed by atoms with van der Waals surface area (Å²) < 4.78 is 0. The third-order valence-corrected chi connectivity index (χ3v) is 2.51. The van der Waals surface area contributed by atoms with Gasteiger partial charge in [0.05, 0.1) is 18.1 Å². The molecule has 0 spiro atoms. The molecule has 0 saturated heterocycles. The van der Waals surface area contributed by atoms with Crippen molar-refractivity contribution in [2.75, 3.05) is 0 Å². The maximum Gasteiger partial charge on any atom is 0.307 e. The maximum atomic E-state index is 10.5. The van der Waals surface area contributed by atoms with Gasteiger partial charge in [-0.3, -0.25) is 4.79 Å². The molecule has 4 heteroatoms. The number of carboxylic acid groups (broad SMARTS) is 1. The van der Waals surface area contributed by atoms with E-state index in [2.05, 4.69) is 18.7 Å². The van der Waals surface area contributed by atoms with Crippen LogP contribution in [-0.4, -0.2) is 11.1 Å². The fourth-order valence-electron chi connectivity index (χ4n) is 1.46. The summed E-state index contributed by atoms with van der Waals surface area (Å²) in [6.45, 7) is 1.94. The molecule has 1 N–H and O–H groups in total. The number of nitrogens with zero attached hydrogens (tertiary/aromatic N) is 1. The van der Waals surface area contributed by atoms with Crippen molar-refractivity contribution >= 4 is 18.6 Å². The molecule has 0 heterocycles. The van der Waals surface area contributed by atoms with E-state index in [-0.39, 0.29) is 6.42 Å². The van der Waals surface area contributed by atoms with Crippen LogP contribution in [0, 0.1) is 11.3 Å². The first-order chi connectivity index (χ1) is 7.08. The Morgan fingerprint density at radius 3 is 2.73 bits per heavy atom. The van der Waals surface area contributed by atoms with Gasteiger partial charge in [-0.15, -0.1) is 12.6 Å². The molecule has 1 aromatic rings. The Kier molecular flexibility index (Phi) is 3.75. The van der Waals surface area contributed by atoms with Crippen molar-refractivity contribution < 1.29 is 9.90 Å². The molecule has 0 atom stereocenters. The number of carbonyl (C=O) groups is 1. The van der Waals surface area contributed by atoms with Crippen LogP contribution >= 0.6 is 12.6 Å². The Balaban J connectivity index is 3.21. The van der Waals surface area contributed by atoms with E-state index >= 15 is 0 Å². The van der Waals surface area contributed by atoms with Crippen molar-refractivity contribution in [3.05, 3.63) is 28.8 Å². The largest absolute Gasteiger partial charge is 0.481 e. The molecule has 1 rings (SSSR count). The Hall–Kier alpha value is -1.47. The minimum atomic E-state index is -0.907. The van der Waals surface area contributed by atoms with Crippen molar-refractivity contribution in [3.63, 3.8) is 0 Å². The Morgan fingerprint density at radius 1 is 1.60 bits per heavy atom. The molecule has 78 valence electrons. The fourth-order valence-corrected chi connectivity index (χ4v) is 1.91. The summed E-state index contributed by atoms with van der Waals surface area (Å²) in [4.78, 5) is 11.2. The zero-order chi connectivity index (χ0) is 11.4. The second kappa shape index (κ2) is 4.85. The van der Waals surface area contributed by atoms with Crippen molar-refractivity contribution in [2.24, 2.45) is 0 Å². The summed E-state index contributed by atoms with van der Waals surface area (Å²) in [7, 11) is 0. The van der Waals surface area contributed by atoms with Crippen LogP contribution in [0.15, 0.2) is 17.0 Å². The van der Waals surface area contributed by atoms with Crippen molar-refractivity contribution in [1.82, 2.24) is 0 Å². The Morgan fingerprint density at radius 2 is 2.27 bits per heavy atom. The number of hydrogen-bond acceptors (Lipinski definition) is 3. The minimum absolute atomic E-state index is 0.0771. The second-order valence-corrected chi connectivity index (χ2v) is 3.66. The molecule has 0 radical (unpaired) electrons. The van der Waals surface area contributed by atoms with Gasteiger partial charge in [-0.1, -0.05) is 6.92 Å². The van der Waals surface area contributed by atoms with Gasteiger partial charge in [-0.25, -0.2) is 0 Å². The summed E-state index contributed by atoms with van der Waals surface area (Å²) in [6, 6.07) is 5.38. The van der Waals surface area contributed by atoms with Gasteiger partial charge in [0.25, 0.3) is 0 Å². The average molecular weight is 221 g/mol. The highest BCUT2D eigenvalue weighted by molar-refractivity contribution is 7.80. The molecular formula is C11H11NO2S. The highest BCUT2D eigenvalue weighted by Gasteiger charge is 2.08. The number of thiol groups is 1. The monoisotopic (exact) mass is 221 g/mol. The fraction of sp³-hybridized carbons (Fsp3) is 0.273. The summed E-state index contributed by atoms with van der Waals surface area (Å²) in [5.41, 5.74) is 2.00. The number of aliphatic carboxylic acids is 1. The third-order valence-electron chi connectivity index (χ3n) is 2.12. The molecule has 0 aliphatic heterocycles. The molecule has 3 nitrogen and oxygen atoms in total. The van der Waals surface area contributed by atoms with E-state index in [1.165, 1.54) is 0 Å². The van der Waals surface area contributed by atoms with Crippen LogP contribution in [0.25, 0.3) is 0 Å². The number of nitriles is 1. The van der Waals surface area contributed by atoms with Gasteiger partial charge in [0.1, 0.15) is 0 Å². The lowest BCUT2D eigenvalue weighted by Crippen LogP contribution is -2.02. The number of carboxylic acids is 1. The SMILES string of the molecule is CCc1c(S)cc(CC(=O)O)cc1C#N. The molecular weight excluding hydrogens is 210 g/mol. The van der Waals surface area contributed by atoms with Gasteiger partial charge >= 0.3 is 5.97 Å². The molecule has 0 amide bonds. The van der Waals surface area contributed by atoms with Crippen LogP contribution in [0.5, 0.6) is 0 Å². The van der Waals surface area contributed by atoms with Gasteiger partial charge in [-0.05, 0) is 29.7 Å². The van der Waals surface area contributed by atoms with E-state index < -0.39 is 5.97 Å². The molecule has 1 aromatic carbocycles. The van der Waals surface area contributed by atoms with Gasteiger partial charge in [-0.2, -0.15) is 5.26 Å². The van der Waals surface area contributed by atoms with Crippen molar-refractivity contribution in [3.8, 4) is 6.07 Å². The Bertz CT molecular complexity index is 435. The first-order valence-electron chi connectivity index (χ1n) is 4.55. The topological polar surface area (TPSA) is 61.1 Å². The Labute approximate surface area is 93.8 Å². The van der Waals surface area contributed by atoms with E-state index in [1.807, 2.05) is 6.92 Å². The molecule has 15 heavy (non-hydrogen) atoms. The van der Waals surface area contributed by atoms with E-state index in [0.29, 0.717) is 16.0 Å². The standard InChI is InChI=1S/C11H11NO2S/c1-2-9-8(6-12)3-7(4-10(9)15)5-11(13)14/h3-4,15H,2,5H2,1H3,(H,13,14). The summed E-state index contributed by atoms with van der Waals surface area (Å²) in [5.74, 6) is -0.907. The predicted octanol–water partition coefficient (Wildman–Crippen LogP) is 2.04. The zero-order valence-corrected chi connectivity index (χ0v) is 9.21. The lowest BCUT2D eigenvalue weighted by molar-refractivity contribution is -0.136. The van der Waals surface area contributed by atoms with Crippen molar-refractivity contribution in [2.45, 2.75) is 24.7 Å². The summed E-state index contributed by atoms with van der Waals surface area (Å²) in [5, 5.41) is 17.5. The molecule has 0 aliphatic rings. The second-order valence-electron chi connectivity index (χ2n) is 3.18. The van der Waals surface area contributed by atoms with Crippen LogP contribution in [0.1, 0.15) is 23.6 Å². The van der Waals surface area contributed by atoms with Crippen LogP contribution in [0.3, 0.4) is 0 Å². The van der Waals surface area contributed by atoms with Crippen LogP contribution in [-0.2, 0) is 17.6 Å². The summed E-state index contributed by atoms with van der Waals surface area (Å²) in [6.07, 6.45) is 0.640. The predicted molar refractivity (Wildman–Crippen MR) is 59.1 cm³/mol. The van der Waals surface area contributed by atoms with E-state index in [0.717, 1.165) is 12.0 Å². The lowest BCUT2D eigenvalue weighted by atomic mass is 10.0. The normalized spacial score (nSPS) is 9.67. The minimum Gasteiger partial charge on any atom is -0.481 e. The van der Waals surface area contributed by atoms with E-state index in [9.17, 15) is 4.79 Å². The molecule has 0 unspecified atom stereocenters. The highest BCUT2D eigenvalue weighted by Crippen LogP contribution is 2.21. The smallest absolute Gasteiger partial charge is 0.307 e. The van der Waals surface area contributed by atoms with Crippen molar-refractivity contribution in [1.29, 1.82) is 5.26 Å². The zero-order valence-electron chi connectivity index (χ0n) is 8.32. The first-order valence-corrected chi connectivity index (χ1v) is 4.99. The van der Waals surface area contributed by atoms with Crippen LogP contribution in [0.2, 0.25) is 0 Å². The molecule has 0 aromatic heterocycles. The van der Waals surface area contributed by atoms with Gasteiger partial charge in [0.15, 0.2) is 0 Å². The van der Waals surface area contributed by atoms with Gasteiger partial charge in [0, 0.05) is 4.90 Å². The number of benzene rings is 1.